The summed E-state index contributed by atoms with van der Waals surface area (Å²) in [6.07, 6.45) is 0. The molecule has 0 spiro atoms. The van der Waals surface area contributed by atoms with Crippen molar-refractivity contribution in [2.45, 2.75) is 6.92 Å². The molecule has 0 radical (unpaired) electrons. The monoisotopic (exact) mass is 357 g/mol. The number of benzene rings is 1. The van der Waals surface area contributed by atoms with Crippen molar-refractivity contribution in [1.82, 2.24) is 14.9 Å². The van der Waals surface area contributed by atoms with Crippen molar-refractivity contribution in [3.05, 3.63) is 35.7 Å². The van der Waals surface area contributed by atoms with Crippen LogP contribution in [0.15, 0.2) is 24.3 Å². The zero-order valence-corrected chi connectivity index (χ0v) is 15.2. The fourth-order valence-electron chi connectivity index (χ4n) is 2.47. The Balaban J connectivity index is 1.70. The van der Waals surface area contributed by atoms with Gasteiger partial charge in [-0.1, -0.05) is 0 Å². The van der Waals surface area contributed by atoms with E-state index in [0.717, 1.165) is 12.2 Å². The lowest BCUT2D eigenvalue weighted by Crippen LogP contribution is -2.22. The van der Waals surface area contributed by atoms with Crippen molar-refractivity contribution < 1.29 is 14.3 Å². The van der Waals surface area contributed by atoms with Crippen LogP contribution in [0, 0.1) is 6.92 Å². The van der Waals surface area contributed by atoms with Crippen LogP contribution in [0.1, 0.15) is 16.2 Å². The third kappa shape index (κ3) is 4.60. The second-order valence-electron chi connectivity index (χ2n) is 6.26. The Morgan fingerprint density at radius 3 is 2.69 bits per heavy atom. The van der Waals surface area contributed by atoms with Crippen LogP contribution in [0.3, 0.4) is 0 Å². The number of carbonyl (C=O) groups excluding carboxylic acids is 1. The lowest BCUT2D eigenvalue weighted by molar-refractivity contribution is 0.102. The van der Waals surface area contributed by atoms with Gasteiger partial charge in [0.05, 0.1) is 0 Å². The highest BCUT2D eigenvalue weighted by atomic mass is 16.6. The fraction of sp³-hybridized carbons (Fsp3) is 0.389. The topological polar surface area (TPSA) is 88.6 Å². The number of rotatable bonds is 6. The SMILES string of the molecule is Cc1cc(C(=O)Nc2ccc3c(c2)OCCO3)nc(NCCN(C)C)n1. The Morgan fingerprint density at radius 2 is 1.92 bits per heavy atom. The first-order chi connectivity index (χ1) is 12.5. The van der Waals surface area contributed by atoms with E-state index >= 15 is 0 Å². The van der Waals surface area contributed by atoms with Gasteiger partial charge in [-0.15, -0.1) is 0 Å². The van der Waals surface area contributed by atoms with Crippen molar-refractivity contribution in [3.63, 3.8) is 0 Å². The number of aromatic nitrogens is 2. The van der Waals surface area contributed by atoms with Crippen LogP contribution in [0.2, 0.25) is 0 Å². The first kappa shape index (κ1) is 17.9. The van der Waals surface area contributed by atoms with Gasteiger partial charge in [-0.3, -0.25) is 4.79 Å². The normalized spacial score (nSPS) is 12.8. The number of fused-ring (bicyclic) bond motifs is 1. The maximum absolute atomic E-state index is 12.6. The number of likely N-dealkylation sites (N-methyl/N-ethyl adjacent to an activating group) is 1. The van der Waals surface area contributed by atoms with Gasteiger partial charge in [0.25, 0.3) is 5.91 Å². The van der Waals surface area contributed by atoms with E-state index in [1.54, 1.807) is 24.3 Å². The van der Waals surface area contributed by atoms with E-state index in [9.17, 15) is 4.79 Å². The largest absolute Gasteiger partial charge is 0.486 e. The molecule has 3 rings (SSSR count). The Hall–Kier alpha value is -2.87. The molecule has 0 bridgehead atoms. The predicted molar refractivity (Wildman–Crippen MR) is 99.2 cm³/mol. The van der Waals surface area contributed by atoms with Crippen LogP contribution >= 0.6 is 0 Å². The Morgan fingerprint density at radius 1 is 1.15 bits per heavy atom. The standard InChI is InChI=1S/C18H23N5O3/c1-12-10-14(22-18(20-12)19-6-7-23(2)3)17(24)21-13-4-5-15-16(11-13)26-9-8-25-15/h4-5,10-11H,6-9H2,1-3H3,(H,21,24)(H,19,20,22). The fourth-order valence-corrected chi connectivity index (χ4v) is 2.47. The van der Waals surface area contributed by atoms with Crippen LogP contribution in [-0.2, 0) is 0 Å². The summed E-state index contributed by atoms with van der Waals surface area (Å²) >= 11 is 0. The number of nitrogens with zero attached hydrogens (tertiary/aromatic N) is 3. The number of carbonyl (C=O) groups is 1. The third-order valence-corrected chi connectivity index (χ3v) is 3.73. The second-order valence-corrected chi connectivity index (χ2v) is 6.26. The van der Waals surface area contributed by atoms with Gasteiger partial charge in [0.15, 0.2) is 11.5 Å². The highest BCUT2D eigenvalue weighted by Gasteiger charge is 2.15. The molecule has 1 aliphatic heterocycles. The van der Waals surface area contributed by atoms with E-state index < -0.39 is 0 Å². The molecule has 0 saturated carbocycles. The molecule has 2 N–H and O–H groups in total. The van der Waals surface area contributed by atoms with E-state index in [-0.39, 0.29) is 5.91 Å². The van der Waals surface area contributed by atoms with Crippen LogP contribution in [0.25, 0.3) is 0 Å². The maximum atomic E-state index is 12.6. The first-order valence-corrected chi connectivity index (χ1v) is 8.46. The third-order valence-electron chi connectivity index (χ3n) is 3.73. The zero-order chi connectivity index (χ0) is 18.5. The number of hydrogen-bond acceptors (Lipinski definition) is 7. The first-order valence-electron chi connectivity index (χ1n) is 8.46. The van der Waals surface area contributed by atoms with Gasteiger partial charge in [-0.2, -0.15) is 0 Å². The Labute approximate surface area is 152 Å². The molecule has 1 aromatic carbocycles. The van der Waals surface area contributed by atoms with Crippen molar-refractivity contribution in [2.75, 3.05) is 51.0 Å². The van der Waals surface area contributed by atoms with Gasteiger partial charge in [0.1, 0.15) is 18.9 Å². The van der Waals surface area contributed by atoms with Gasteiger partial charge in [-0.05, 0) is 39.2 Å². The summed E-state index contributed by atoms with van der Waals surface area (Å²) in [4.78, 5) is 23.2. The molecule has 0 saturated heterocycles. The van der Waals surface area contributed by atoms with Crippen molar-refractivity contribution in [2.24, 2.45) is 0 Å². The zero-order valence-electron chi connectivity index (χ0n) is 15.2. The van der Waals surface area contributed by atoms with Gasteiger partial charge < -0.3 is 25.0 Å². The summed E-state index contributed by atoms with van der Waals surface area (Å²) in [5, 5.41) is 5.97. The maximum Gasteiger partial charge on any atom is 0.274 e. The highest BCUT2D eigenvalue weighted by Crippen LogP contribution is 2.32. The van der Waals surface area contributed by atoms with Crippen molar-refractivity contribution in [1.29, 1.82) is 0 Å². The molecule has 2 aromatic rings. The molecule has 0 fully saturated rings. The Bertz CT molecular complexity index is 794. The van der Waals surface area contributed by atoms with E-state index in [4.69, 9.17) is 9.47 Å². The average molecular weight is 357 g/mol. The molecule has 1 amide bonds. The Kier molecular flexibility index (Phi) is 5.52. The van der Waals surface area contributed by atoms with Gasteiger partial charge in [0.2, 0.25) is 5.95 Å². The van der Waals surface area contributed by atoms with E-state index in [2.05, 4.69) is 25.5 Å². The molecule has 8 heteroatoms. The molecule has 0 aliphatic carbocycles. The van der Waals surface area contributed by atoms with E-state index in [1.807, 2.05) is 21.0 Å². The average Bonchev–Trinajstić information content (AvgIpc) is 2.61. The summed E-state index contributed by atoms with van der Waals surface area (Å²) in [6.45, 7) is 4.40. The summed E-state index contributed by atoms with van der Waals surface area (Å²) in [7, 11) is 3.98. The molecule has 2 heterocycles. The van der Waals surface area contributed by atoms with Crippen LogP contribution in [0.5, 0.6) is 11.5 Å². The number of aryl methyl sites for hydroxylation is 1. The highest BCUT2D eigenvalue weighted by molar-refractivity contribution is 6.03. The van der Waals surface area contributed by atoms with Gasteiger partial charge in [-0.25, -0.2) is 9.97 Å². The molecule has 138 valence electrons. The summed E-state index contributed by atoms with van der Waals surface area (Å²) < 4.78 is 11.0. The summed E-state index contributed by atoms with van der Waals surface area (Å²) in [5.74, 6) is 1.44. The molecule has 26 heavy (non-hydrogen) atoms. The van der Waals surface area contributed by atoms with Gasteiger partial charge >= 0.3 is 0 Å². The van der Waals surface area contributed by atoms with Crippen molar-refractivity contribution in [3.8, 4) is 11.5 Å². The quantitative estimate of drug-likeness (QED) is 0.815. The molecule has 8 nitrogen and oxygen atoms in total. The number of nitrogens with one attached hydrogen (secondary N) is 2. The van der Waals surface area contributed by atoms with Crippen LogP contribution in [-0.4, -0.2) is 61.2 Å². The second kappa shape index (κ2) is 8.01. The predicted octanol–water partition coefficient (Wildman–Crippen LogP) is 1.78. The minimum Gasteiger partial charge on any atom is -0.486 e. The summed E-state index contributed by atoms with van der Waals surface area (Å²) in [5.41, 5.74) is 1.65. The molecular formula is C18H23N5O3. The van der Waals surface area contributed by atoms with Gasteiger partial charge in [0, 0.05) is 30.5 Å². The minimum atomic E-state index is -0.303. The number of hydrogen-bond donors (Lipinski definition) is 2. The summed E-state index contributed by atoms with van der Waals surface area (Å²) in [6, 6.07) is 6.96. The molecule has 0 atom stereocenters. The lowest BCUT2D eigenvalue weighted by atomic mass is 10.2. The number of anilines is 2. The van der Waals surface area contributed by atoms with E-state index in [0.29, 0.717) is 48.6 Å². The van der Waals surface area contributed by atoms with Crippen LogP contribution < -0.4 is 20.1 Å². The van der Waals surface area contributed by atoms with Crippen molar-refractivity contribution >= 4 is 17.5 Å². The molecular weight excluding hydrogens is 334 g/mol. The minimum absolute atomic E-state index is 0.303. The molecule has 0 unspecified atom stereocenters. The molecule has 1 aromatic heterocycles. The van der Waals surface area contributed by atoms with Crippen LogP contribution in [0.4, 0.5) is 11.6 Å². The van der Waals surface area contributed by atoms with E-state index in [1.165, 1.54) is 0 Å². The molecule has 1 aliphatic rings. The smallest absolute Gasteiger partial charge is 0.274 e. The number of amides is 1. The lowest BCUT2D eigenvalue weighted by Gasteiger charge is -2.19. The number of ether oxygens (including phenoxy) is 2.